The third-order valence-electron chi connectivity index (χ3n) is 2.23. The van der Waals surface area contributed by atoms with Gasteiger partial charge in [-0.25, -0.2) is 4.39 Å². The second kappa shape index (κ2) is 5.01. The van der Waals surface area contributed by atoms with Crippen LogP contribution in [0.25, 0.3) is 0 Å². The average molecular weight is 267 g/mol. The fourth-order valence-electron chi connectivity index (χ4n) is 1.34. The minimum Gasteiger partial charge on any atom is -0.328 e. The van der Waals surface area contributed by atoms with Crippen molar-refractivity contribution in [3.63, 3.8) is 0 Å². The summed E-state index contributed by atoms with van der Waals surface area (Å²) < 4.78 is 12.8. The third-order valence-corrected chi connectivity index (χ3v) is 2.54. The van der Waals surface area contributed by atoms with E-state index in [4.69, 9.17) is 11.6 Å². The normalized spacial score (nSPS) is 10.1. The maximum Gasteiger partial charge on any atom is 0.257 e. The van der Waals surface area contributed by atoms with Crippen molar-refractivity contribution in [1.29, 1.82) is 0 Å². The number of pyridine rings is 1. The summed E-state index contributed by atoms with van der Waals surface area (Å²) in [6.45, 7) is 0. The van der Waals surface area contributed by atoms with Gasteiger partial charge in [-0.2, -0.15) is 0 Å². The van der Waals surface area contributed by atoms with E-state index < -0.39 is 11.7 Å². The van der Waals surface area contributed by atoms with Gasteiger partial charge in [-0.1, -0.05) is 11.6 Å². The number of anilines is 1. The maximum absolute atomic E-state index is 12.8. The molecular weight excluding hydrogens is 259 g/mol. The summed E-state index contributed by atoms with van der Waals surface area (Å²) in [7, 11) is 0. The number of benzene rings is 1. The zero-order chi connectivity index (χ0) is 13.1. The van der Waals surface area contributed by atoms with Crippen LogP contribution in [0.5, 0.6) is 0 Å². The van der Waals surface area contributed by atoms with Crippen LogP contribution in [0, 0.1) is 5.82 Å². The Kier molecular flexibility index (Phi) is 3.43. The summed E-state index contributed by atoms with van der Waals surface area (Å²) in [5.41, 5.74) is 0.274. The lowest BCUT2D eigenvalue weighted by Gasteiger charge is -2.06. The molecule has 0 aliphatic heterocycles. The van der Waals surface area contributed by atoms with E-state index in [0.717, 1.165) is 6.07 Å². The largest absolute Gasteiger partial charge is 0.328 e. The van der Waals surface area contributed by atoms with E-state index in [2.05, 4.69) is 10.3 Å². The molecule has 4 nitrogen and oxygen atoms in total. The molecule has 2 N–H and O–H groups in total. The van der Waals surface area contributed by atoms with Crippen LogP contribution in [0.1, 0.15) is 10.4 Å². The highest BCUT2D eigenvalue weighted by Gasteiger charge is 2.08. The van der Waals surface area contributed by atoms with Gasteiger partial charge in [0.05, 0.1) is 16.3 Å². The highest BCUT2D eigenvalue weighted by molar-refractivity contribution is 6.33. The Balaban J connectivity index is 2.21. The first-order chi connectivity index (χ1) is 8.56. The van der Waals surface area contributed by atoms with Crippen LogP contribution in [0.2, 0.25) is 5.02 Å². The summed E-state index contributed by atoms with van der Waals surface area (Å²) in [5.74, 6) is -0.929. The molecule has 0 aliphatic carbocycles. The SMILES string of the molecule is O=C(Nc1ccc(F)cc1Cl)c1ccc(=O)[nH]c1. The highest BCUT2D eigenvalue weighted by atomic mass is 35.5. The summed E-state index contributed by atoms with van der Waals surface area (Å²) >= 11 is 5.77. The van der Waals surface area contributed by atoms with E-state index >= 15 is 0 Å². The Morgan fingerprint density at radius 1 is 1.28 bits per heavy atom. The number of H-pyrrole nitrogens is 1. The van der Waals surface area contributed by atoms with E-state index in [1.54, 1.807) is 0 Å². The van der Waals surface area contributed by atoms with E-state index in [1.165, 1.54) is 30.5 Å². The second-order valence-electron chi connectivity index (χ2n) is 3.52. The Morgan fingerprint density at radius 3 is 2.67 bits per heavy atom. The number of amides is 1. The van der Waals surface area contributed by atoms with E-state index in [1.807, 2.05) is 0 Å². The molecule has 0 aliphatic rings. The van der Waals surface area contributed by atoms with Crippen LogP contribution >= 0.6 is 11.6 Å². The molecule has 92 valence electrons. The molecule has 0 fully saturated rings. The van der Waals surface area contributed by atoms with E-state index in [9.17, 15) is 14.0 Å². The minimum atomic E-state index is -0.484. The van der Waals surface area contributed by atoms with Crippen molar-refractivity contribution in [1.82, 2.24) is 4.98 Å². The van der Waals surface area contributed by atoms with Gasteiger partial charge in [0.2, 0.25) is 5.56 Å². The van der Waals surface area contributed by atoms with Crippen molar-refractivity contribution >= 4 is 23.2 Å². The molecule has 0 saturated heterocycles. The molecule has 0 spiro atoms. The smallest absolute Gasteiger partial charge is 0.257 e. The van der Waals surface area contributed by atoms with Crippen LogP contribution in [0.15, 0.2) is 41.3 Å². The first kappa shape index (κ1) is 12.3. The van der Waals surface area contributed by atoms with Gasteiger partial charge in [0.15, 0.2) is 0 Å². The van der Waals surface area contributed by atoms with Gasteiger partial charge in [-0.15, -0.1) is 0 Å². The number of carbonyl (C=O) groups excluding carboxylic acids is 1. The van der Waals surface area contributed by atoms with Gasteiger partial charge in [-0.05, 0) is 24.3 Å². The molecule has 6 heteroatoms. The summed E-state index contributed by atoms with van der Waals surface area (Å²) in [4.78, 5) is 25.0. The van der Waals surface area contributed by atoms with Crippen molar-refractivity contribution in [2.75, 3.05) is 5.32 Å². The number of hydrogen-bond donors (Lipinski definition) is 2. The molecule has 0 atom stereocenters. The Labute approximate surface area is 106 Å². The zero-order valence-electron chi connectivity index (χ0n) is 9.04. The van der Waals surface area contributed by atoms with Gasteiger partial charge in [0.1, 0.15) is 5.82 Å². The lowest BCUT2D eigenvalue weighted by Crippen LogP contribution is -2.14. The van der Waals surface area contributed by atoms with Crippen LogP contribution < -0.4 is 10.9 Å². The Morgan fingerprint density at radius 2 is 2.06 bits per heavy atom. The van der Waals surface area contributed by atoms with Crippen molar-refractivity contribution in [2.24, 2.45) is 0 Å². The average Bonchev–Trinajstić information content (AvgIpc) is 2.33. The number of aromatic amines is 1. The van der Waals surface area contributed by atoms with Crippen molar-refractivity contribution in [2.45, 2.75) is 0 Å². The Bertz CT molecular complexity index is 634. The van der Waals surface area contributed by atoms with Crippen LogP contribution in [-0.2, 0) is 0 Å². The number of rotatable bonds is 2. The van der Waals surface area contributed by atoms with Gasteiger partial charge < -0.3 is 10.3 Å². The number of carbonyl (C=O) groups is 1. The van der Waals surface area contributed by atoms with Crippen molar-refractivity contribution in [3.05, 3.63) is 63.3 Å². The van der Waals surface area contributed by atoms with Crippen molar-refractivity contribution in [3.8, 4) is 0 Å². The summed E-state index contributed by atoms with van der Waals surface area (Å²) in [5, 5.41) is 2.62. The molecule has 1 amide bonds. The molecular formula is C12H8ClFN2O2. The van der Waals surface area contributed by atoms with Crippen LogP contribution in [-0.4, -0.2) is 10.9 Å². The summed E-state index contributed by atoms with van der Waals surface area (Å²) in [6.07, 6.45) is 1.29. The fraction of sp³-hybridized carbons (Fsp3) is 0. The molecule has 18 heavy (non-hydrogen) atoms. The minimum absolute atomic E-state index is 0.104. The molecule has 0 unspecified atom stereocenters. The predicted octanol–water partition coefficient (Wildman–Crippen LogP) is 2.42. The van der Waals surface area contributed by atoms with Crippen LogP contribution in [0.4, 0.5) is 10.1 Å². The van der Waals surface area contributed by atoms with Gasteiger partial charge >= 0.3 is 0 Å². The number of nitrogens with one attached hydrogen (secondary N) is 2. The standard InChI is InChI=1S/C12H8ClFN2O2/c13-9-5-8(14)2-3-10(9)16-12(18)7-1-4-11(17)15-6-7/h1-6H,(H,15,17)(H,16,18). The molecule has 0 saturated carbocycles. The van der Waals surface area contributed by atoms with Crippen molar-refractivity contribution < 1.29 is 9.18 Å². The monoisotopic (exact) mass is 266 g/mol. The van der Waals surface area contributed by atoms with Crippen LogP contribution in [0.3, 0.4) is 0 Å². The Hall–Kier alpha value is -2.14. The lowest BCUT2D eigenvalue weighted by molar-refractivity contribution is 0.102. The molecule has 1 heterocycles. The topological polar surface area (TPSA) is 62.0 Å². The van der Waals surface area contributed by atoms with Gasteiger partial charge in [0.25, 0.3) is 5.91 Å². The molecule has 2 rings (SSSR count). The first-order valence-corrected chi connectivity index (χ1v) is 5.39. The quantitative estimate of drug-likeness (QED) is 0.877. The molecule has 1 aromatic carbocycles. The third kappa shape index (κ3) is 2.75. The maximum atomic E-state index is 12.8. The molecule has 1 aromatic heterocycles. The first-order valence-electron chi connectivity index (χ1n) is 5.01. The molecule has 0 bridgehead atoms. The zero-order valence-corrected chi connectivity index (χ0v) is 9.79. The highest BCUT2D eigenvalue weighted by Crippen LogP contribution is 2.22. The summed E-state index contributed by atoms with van der Waals surface area (Å²) in [6, 6.07) is 6.27. The van der Waals surface area contributed by atoms with Gasteiger partial charge in [0, 0.05) is 12.3 Å². The lowest BCUT2D eigenvalue weighted by atomic mass is 10.2. The fourth-order valence-corrected chi connectivity index (χ4v) is 1.55. The second-order valence-corrected chi connectivity index (χ2v) is 3.93. The number of halogens is 2. The predicted molar refractivity (Wildman–Crippen MR) is 66.4 cm³/mol. The number of hydrogen-bond acceptors (Lipinski definition) is 2. The van der Waals surface area contributed by atoms with E-state index in [0.29, 0.717) is 5.69 Å². The molecule has 2 aromatic rings. The molecule has 0 radical (unpaired) electrons. The van der Waals surface area contributed by atoms with Gasteiger partial charge in [-0.3, -0.25) is 9.59 Å². The van der Waals surface area contributed by atoms with E-state index in [-0.39, 0.29) is 16.1 Å². The number of aromatic nitrogens is 1.